The number of aliphatic hydroxyl groups excluding tert-OH is 1. The molecular weight excluding hydrogens is 222 g/mol. The monoisotopic (exact) mass is 237 g/mol. The van der Waals surface area contributed by atoms with Gasteiger partial charge >= 0.3 is 0 Å². The number of β-amino-alcohol motifs (C(OH)–C–C–N with tert-alkyl or cyclic N) is 1. The highest BCUT2D eigenvalue weighted by Gasteiger charge is 2.25. The van der Waals surface area contributed by atoms with Crippen molar-refractivity contribution in [3.63, 3.8) is 0 Å². The highest BCUT2D eigenvalue weighted by molar-refractivity contribution is 7.98. The summed E-state index contributed by atoms with van der Waals surface area (Å²) in [5.41, 5.74) is 0.701. The Kier molecular flexibility index (Phi) is 3.51. The number of likely N-dealkylation sites (tertiary alicyclic amines) is 1. The van der Waals surface area contributed by atoms with Crippen molar-refractivity contribution < 1.29 is 9.90 Å². The first kappa shape index (κ1) is 11.5. The molecule has 0 aromatic heterocycles. The number of carbonyl (C=O) groups excluding carboxylic acids is 1. The van der Waals surface area contributed by atoms with E-state index < -0.39 is 0 Å². The van der Waals surface area contributed by atoms with E-state index in [1.807, 2.05) is 30.5 Å². The third-order valence-corrected chi connectivity index (χ3v) is 3.53. The molecule has 0 bridgehead atoms. The summed E-state index contributed by atoms with van der Waals surface area (Å²) in [5.74, 6) is 0.0178. The lowest BCUT2D eigenvalue weighted by Gasteiger charge is -2.15. The van der Waals surface area contributed by atoms with E-state index in [1.54, 1.807) is 16.7 Å². The normalized spacial score (nSPS) is 20.1. The molecule has 86 valence electrons. The Hall–Kier alpha value is -1.00. The van der Waals surface area contributed by atoms with Crippen molar-refractivity contribution in [3.8, 4) is 0 Å². The van der Waals surface area contributed by atoms with Gasteiger partial charge in [-0.15, -0.1) is 11.8 Å². The fourth-order valence-electron chi connectivity index (χ4n) is 1.84. The zero-order valence-electron chi connectivity index (χ0n) is 9.22. The molecule has 1 aliphatic rings. The quantitative estimate of drug-likeness (QED) is 0.795. The van der Waals surface area contributed by atoms with E-state index in [4.69, 9.17) is 0 Å². The van der Waals surface area contributed by atoms with Gasteiger partial charge < -0.3 is 10.0 Å². The van der Waals surface area contributed by atoms with Crippen LogP contribution in [0.4, 0.5) is 0 Å². The van der Waals surface area contributed by atoms with Crippen LogP contribution in [-0.4, -0.2) is 41.4 Å². The molecule has 0 spiro atoms. The lowest BCUT2D eigenvalue weighted by atomic mass is 10.2. The number of rotatable bonds is 2. The zero-order chi connectivity index (χ0) is 11.5. The van der Waals surface area contributed by atoms with Crippen molar-refractivity contribution >= 4 is 17.7 Å². The molecule has 16 heavy (non-hydrogen) atoms. The molecule has 1 aromatic carbocycles. The molecule has 3 nitrogen and oxygen atoms in total. The standard InChI is InChI=1S/C12H15NO2S/c1-16-11-4-2-9(3-5-11)12(15)13-7-6-10(14)8-13/h2-5,10,14H,6-8H2,1H3/t10-/m0/s1. The van der Waals surface area contributed by atoms with Gasteiger partial charge in [0.1, 0.15) is 0 Å². The Labute approximate surface area is 99.5 Å². The van der Waals surface area contributed by atoms with Crippen molar-refractivity contribution in [2.75, 3.05) is 19.3 Å². The Morgan fingerprint density at radius 1 is 1.44 bits per heavy atom. The Morgan fingerprint density at radius 3 is 2.62 bits per heavy atom. The fourth-order valence-corrected chi connectivity index (χ4v) is 2.25. The minimum Gasteiger partial charge on any atom is -0.391 e. The maximum atomic E-state index is 12.0. The van der Waals surface area contributed by atoms with Gasteiger partial charge in [-0.25, -0.2) is 0 Å². The van der Waals surface area contributed by atoms with Gasteiger partial charge in [-0.1, -0.05) is 0 Å². The number of benzene rings is 1. The summed E-state index contributed by atoms with van der Waals surface area (Å²) >= 11 is 1.66. The molecule has 1 saturated heterocycles. The SMILES string of the molecule is CSc1ccc(C(=O)N2CC[C@H](O)C2)cc1. The van der Waals surface area contributed by atoms with E-state index in [1.165, 1.54) is 0 Å². The van der Waals surface area contributed by atoms with Gasteiger partial charge in [0.05, 0.1) is 6.10 Å². The first-order valence-electron chi connectivity index (χ1n) is 5.32. The van der Waals surface area contributed by atoms with Crippen molar-refractivity contribution in [3.05, 3.63) is 29.8 Å². The molecule has 1 aromatic rings. The van der Waals surface area contributed by atoms with Gasteiger partial charge in [0.2, 0.25) is 0 Å². The minimum absolute atomic E-state index is 0.0178. The van der Waals surface area contributed by atoms with Crippen LogP contribution in [-0.2, 0) is 0 Å². The van der Waals surface area contributed by atoms with Crippen LogP contribution in [0, 0.1) is 0 Å². The number of nitrogens with zero attached hydrogens (tertiary/aromatic N) is 1. The van der Waals surface area contributed by atoms with E-state index in [9.17, 15) is 9.90 Å². The van der Waals surface area contributed by atoms with Crippen molar-refractivity contribution in [2.24, 2.45) is 0 Å². The first-order chi connectivity index (χ1) is 7.70. The van der Waals surface area contributed by atoms with E-state index in [-0.39, 0.29) is 12.0 Å². The molecule has 4 heteroatoms. The Bertz CT molecular complexity index is 377. The molecule has 0 radical (unpaired) electrons. The molecule has 1 N–H and O–H groups in total. The van der Waals surface area contributed by atoms with Crippen LogP contribution < -0.4 is 0 Å². The maximum absolute atomic E-state index is 12.0. The van der Waals surface area contributed by atoms with Crippen LogP contribution in [0.3, 0.4) is 0 Å². The van der Waals surface area contributed by atoms with Crippen LogP contribution in [0.5, 0.6) is 0 Å². The Morgan fingerprint density at radius 2 is 2.12 bits per heavy atom. The average Bonchev–Trinajstić information content (AvgIpc) is 2.75. The number of carbonyl (C=O) groups is 1. The molecule has 2 rings (SSSR count). The van der Waals surface area contributed by atoms with Gasteiger partial charge in [0.25, 0.3) is 5.91 Å². The van der Waals surface area contributed by atoms with Gasteiger partial charge in [0.15, 0.2) is 0 Å². The van der Waals surface area contributed by atoms with Gasteiger partial charge in [-0.05, 0) is 36.9 Å². The molecule has 1 amide bonds. The fraction of sp³-hybridized carbons (Fsp3) is 0.417. The van der Waals surface area contributed by atoms with Crippen molar-refractivity contribution in [1.82, 2.24) is 4.90 Å². The zero-order valence-corrected chi connectivity index (χ0v) is 10.0. The van der Waals surface area contributed by atoms with Crippen molar-refractivity contribution in [2.45, 2.75) is 17.4 Å². The summed E-state index contributed by atoms with van der Waals surface area (Å²) in [7, 11) is 0. The van der Waals surface area contributed by atoms with Gasteiger partial charge in [-0.2, -0.15) is 0 Å². The number of hydrogen-bond donors (Lipinski definition) is 1. The predicted octanol–water partition coefficient (Wildman–Crippen LogP) is 1.62. The molecule has 1 heterocycles. The summed E-state index contributed by atoms with van der Waals surface area (Å²) in [4.78, 5) is 14.9. The summed E-state index contributed by atoms with van der Waals surface area (Å²) in [6.45, 7) is 1.12. The summed E-state index contributed by atoms with van der Waals surface area (Å²) in [6, 6.07) is 7.59. The van der Waals surface area contributed by atoms with E-state index in [0.29, 0.717) is 25.1 Å². The number of hydrogen-bond acceptors (Lipinski definition) is 3. The largest absolute Gasteiger partial charge is 0.391 e. The van der Waals surface area contributed by atoms with Crippen LogP contribution in [0.2, 0.25) is 0 Å². The number of thioether (sulfide) groups is 1. The third-order valence-electron chi connectivity index (χ3n) is 2.79. The molecule has 1 fully saturated rings. The van der Waals surface area contributed by atoms with Gasteiger partial charge in [-0.3, -0.25) is 4.79 Å². The van der Waals surface area contributed by atoms with Crippen LogP contribution in [0.1, 0.15) is 16.8 Å². The lowest BCUT2D eigenvalue weighted by Crippen LogP contribution is -2.29. The third kappa shape index (κ3) is 2.39. The number of aliphatic hydroxyl groups is 1. The predicted molar refractivity (Wildman–Crippen MR) is 64.8 cm³/mol. The van der Waals surface area contributed by atoms with E-state index >= 15 is 0 Å². The smallest absolute Gasteiger partial charge is 0.253 e. The molecule has 0 saturated carbocycles. The highest BCUT2D eigenvalue weighted by Crippen LogP contribution is 2.17. The summed E-state index contributed by atoms with van der Waals surface area (Å²) in [5, 5.41) is 9.38. The number of amides is 1. The summed E-state index contributed by atoms with van der Waals surface area (Å²) < 4.78 is 0. The lowest BCUT2D eigenvalue weighted by molar-refractivity contribution is 0.0765. The second-order valence-corrected chi connectivity index (χ2v) is 4.80. The van der Waals surface area contributed by atoms with Crippen LogP contribution >= 0.6 is 11.8 Å². The molecule has 0 unspecified atom stereocenters. The maximum Gasteiger partial charge on any atom is 0.253 e. The minimum atomic E-state index is -0.352. The van der Waals surface area contributed by atoms with Crippen LogP contribution in [0.15, 0.2) is 29.2 Å². The van der Waals surface area contributed by atoms with E-state index in [2.05, 4.69) is 0 Å². The highest BCUT2D eigenvalue weighted by atomic mass is 32.2. The molecular formula is C12H15NO2S. The topological polar surface area (TPSA) is 40.5 Å². The second-order valence-electron chi connectivity index (χ2n) is 3.92. The first-order valence-corrected chi connectivity index (χ1v) is 6.54. The average molecular weight is 237 g/mol. The van der Waals surface area contributed by atoms with Gasteiger partial charge in [0, 0.05) is 23.5 Å². The Balaban J connectivity index is 2.08. The molecule has 1 aliphatic heterocycles. The van der Waals surface area contributed by atoms with Crippen LogP contribution in [0.25, 0.3) is 0 Å². The second kappa shape index (κ2) is 4.89. The molecule has 1 atom stereocenters. The van der Waals surface area contributed by atoms with E-state index in [0.717, 1.165) is 4.90 Å². The molecule has 0 aliphatic carbocycles. The van der Waals surface area contributed by atoms with Crippen molar-refractivity contribution in [1.29, 1.82) is 0 Å². The summed E-state index contributed by atoms with van der Waals surface area (Å²) in [6.07, 6.45) is 2.34.